The molecule has 1 unspecified atom stereocenters. The average molecular weight is 297 g/mol. The molecule has 0 saturated carbocycles. The van der Waals surface area contributed by atoms with Crippen molar-refractivity contribution in [3.63, 3.8) is 0 Å². The van der Waals surface area contributed by atoms with Crippen LogP contribution in [-0.4, -0.2) is 35.5 Å². The van der Waals surface area contributed by atoms with Gasteiger partial charge in [-0.2, -0.15) is 0 Å². The van der Waals surface area contributed by atoms with Gasteiger partial charge in [-0.3, -0.25) is 0 Å². The molecule has 0 fully saturated rings. The Morgan fingerprint density at radius 1 is 1.38 bits per heavy atom. The van der Waals surface area contributed by atoms with E-state index in [1.54, 1.807) is 0 Å². The largest absolute Gasteiger partial charge is 0.396 e. The summed E-state index contributed by atoms with van der Waals surface area (Å²) >= 11 is 0. The molecule has 0 aliphatic carbocycles. The second kappa shape index (κ2) is 8.67. The molecule has 1 aromatic heterocycles. The number of nitrogens with one attached hydrogen (secondary N) is 2. The van der Waals surface area contributed by atoms with Gasteiger partial charge in [0.25, 0.3) is 0 Å². The average Bonchev–Trinajstić information content (AvgIpc) is 2.74. The van der Waals surface area contributed by atoms with E-state index in [0.29, 0.717) is 18.9 Å². The molecule has 0 aromatic carbocycles. The lowest BCUT2D eigenvalue weighted by Gasteiger charge is -2.21. The molecule has 0 aliphatic rings. The van der Waals surface area contributed by atoms with E-state index in [2.05, 4.69) is 15.8 Å². The van der Waals surface area contributed by atoms with E-state index in [1.807, 2.05) is 27.7 Å². The monoisotopic (exact) mass is 297 g/mol. The zero-order valence-corrected chi connectivity index (χ0v) is 13.4. The fraction of sp³-hybridized carbons (Fsp3) is 0.733. The number of hydrogen-bond donors (Lipinski definition) is 3. The van der Waals surface area contributed by atoms with E-state index in [1.165, 1.54) is 0 Å². The Morgan fingerprint density at radius 3 is 2.62 bits per heavy atom. The van der Waals surface area contributed by atoms with Crippen LogP contribution in [0, 0.1) is 19.8 Å². The molecule has 120 valence electrons. The standard InChI is InChI=1S/C15H27N3O3/c1-10(2)14(7-9-19)17-15(20)16-8-5-6-13-11(3)18-21-12(13)4/h10,14,19H,5-9H2,1-4H3,(H2,16,17,20). The van der Waals surface area contributed by atoms with Gasteiger partial charge in [0.1, 0.15) is 5.76 Å². The third kappa shape index (κ3) is 5.75. The van der Waals surface area contributed by atoms with Gasteiger partial charge in [0.2, 0.25) is 0 Å². The summed E-state index contributed by atoms with van der Waals surface area (Å²) in [6.45, 7) is 8.55. The van der Waals surface area contributed by atoms with Crippen LogP contribution in [0.2, 0.25) is 0 Å². The maximum absolute atomic E-state index is 11.8. The number of carbonyl (C=O) groups is 1. The second-order valence-electron chi connectivity index (χ2n) is 5.67. The molecule has 6 heteroatoms. The smallest absolute Gasteiger partial charge is 0.315 e. The minimum atomic E-state index is -0.180. The van der Waals surface area contributed by atoms with Crippen molar-refractivity contribution >= 4 is 6.03 Å². The zero-order chi connectivity index (χ0) is 15.8. The maximum atomic E-state index is 11.8. The molecule has 6 nitrogen and oxygen atoms in total. The number of rotatable bonds is 8. The third-order valence-electron chi connectivity index (χ3n) is 3.63. The zero-order valence-electron chi connectivity index (χ0n) is 13.4. The van der Waals surface area contributed by atoms with Gasteiger partial charge in [-0.15, -0.1) is 0 Å². The van der Waals surface area contributed by atoms with Gasteiger partial charge in [-0.25, -0.2) is 4.79 Å². The van der Waals surface area contributed by atoms with Crippen molar-refractivity contribution in [3.8, 4) is 0 Å². The molecule has 0 spiro atoms. The van der Waals surface area contributed by atoms with E-state index in [-0.39, 0.29) is 18.7 Å². The van der Waals surface area contributed by atoms with E-state index in [4.69, 9.17) is 9.63 Å². The number of aryl methyl sites for hydroxylation is 2. The van der Waals surface area contributed by atoms with Crippen LogP contribution in [0.1, 0.15) is 43.7 Å². The van der Waals surface area contributed by atoms with Crippen LogP contribution in [0.25, 0.3) is 0 Å². The molecular formula is C15H27N3O3. The van der Waals surface area contributed by atoms with Crippen LogP contribution in [0.5, 0.6) is 0 Å². The van der Waals surface area contributed by atoms with Gasteiger partial charge in [0, 0.05) is 24.8 Å². The van der Waals surface area contributed by atoms with Crippen LogP contribution >= 0.6 is 0 Å². The van der Waals surface area contributed by atoms with Gasteiger partial charge in [0.15, 0.2) is 0 Å². The Kier molecular flexibility index (Phi) is 7.22. The van der Waals surface area contributed by atoms with Crippen molar-refractivity contribution in [3.05, 3.63) is 17.0 Å². The quantitative estimate of drug-likeness (QED) is 0.640. The van der Waals surface area contributed by atoms with Gasteiger partial charge < -0.3 is 20.3 Å². The molecule has 0 aliphatic heterocycles. The topological polar surface area (TPSA) is 87.4 Å². The van der Waals surface area contributed by atoms with Gasteiger partial charge in [-0.1, -0.05) is 19.0 Å². The summed E-state index contributed by atoms with van der Waals surface area (Å²) in [6.07, 6.45) is 2.25. The van der Waals surface area contributed by atoms with Crippen molar-refractivity contribution in [1.29, 1.82) is 0 Å². The summed E-state index contributed by atoms with van der Waals surface area (Å²) in [5.74, 6) is 1.14. The first-order valence-corrected chi connectivity index (χ1v) is 7.52. The summed E-state index contributed by atoms with van der Waals surface area (Å²) in [7, 11) is 0. The highest BCUT2D eigenvalue weighted by Gasteiger charge is 2.15. The van der Waals surface area contributed by atoms with Crippen molar-refractivity contribution < 1.29 is 14.4 Å². The minimum absolute atomic E-state index is 0.00226. The molecule has 0 bridgehead atoms. The number of amides is 2. The van der Waals surface area contributed by atoms with Crippen LogP contribution in [0.15, 0.2) is 4.52 Å². The molecule has 0 radical (unpaired) electrons. The first kappa shape index (κ1) is 17.5. The molecule has 1 rings (SSSR count). The number of aliphatic hydroxyl groups excluding tert-OH is 1. The number of urea groups is 1. The van der Waals surface area contributed by atoms with Gasteiger partial charge in [-0.05, 0) is 39.0 Å². The van der Waals surface area contributed by atoms with Gasteiger partial charge in [0.05, 0.1) is 5.69 Å². The Morgan fingerprint density at radius 2 is 2.10 bits per heavy atom. The Bertz CT molecular complexity index is 424. The molecule has 1 heterocycles. The molecule has 21 heavy (non-hydrogen) atoms. The first-order valence-electron chi connectivity index (χ1n) is 7.52. The van der Waals surface area contributed by atoms with Crippen molar-refractivity contribution in [2.24, 2.45) is 5.92 Å². The van der Waals surface area contributed by atoms with Crippen LogP contribution < -0.4 is 10.6 Å². The molecule has 1 aromatic rings. The third-order valence-corrected chi connectivity index (χ3v) is 3.63. The van der Waals surface area contributed by atoms with E-state index < -0.39 is 0 Å². The number of aliphatic hydroxyl groups is 1. The Balaban J connectivity index is 2.27. The van der Waals surface area contributed by atoms with Crippen molar-refractivity contribution in [2.75, 3.05) is 13.2 Å². The number of aromatic nitrogens is 1. The molecule has 1 atom stereocenters. The highest BCUT2D eigenvalue weighted by molar-refractivity contribution is 5.74. The van der Waals surface area contributed by atoms with Crippen molar-refractivity contribution in [2.45, 2.75) is 53.0 Å². The second-order valence-corrected chi connectivity index (χ2v) is 5.67. The Labute approximate surface area is 126 Å². The predicted octanol–water partition coefficient (Wildman–Crippen LogP) is 1.93. The molecule has 2 amide bonds. The highest BCUT2D eigenvalue weighted by Crippen LogP contribution is 2.13. The van der Waals surface area contributed by atoms with Crippen LogP contribution in [0.3, 0.4) is 0 Å². The van der Waals surface area contributed by atoms with E-state index >= 15 is 0 Å². The summed E-state index contributed by atoms with van der Waals surface area (Å²) in [4.78, 5) is 11.8. The lowest BCUT2D eigenvalue weighted by Crippen LogP contribution is -2.45. The molecule has 3 N–H and O–H groups in total. The van der Waals surface area contributed by atoms with Crippen molar-refractivity contribution in [1.82, 2.24) is 15.8 Å². The van der Waals surface area contributed by atoms with E-state index in [9.17, 15) is 4.79 Å². The van der Waals surface area contributed by atoms with Gasteiger partial charge >= 0.3 is 6.03 Å². The summed E-state index contributed by atoms with van der Waals surface area (Å²) < 4.78 is 5.11. The normalized spacial score (nSPS) is 12.5. The van der Waals surface area contributed by atoms with E-state index in [0.717, 1.165) is 29.9 Å². The lowest BCUT2D eigenvalue weighted by molar-refractivity contribution is 0.219. The number of hydrogen-bond acceptors (Lipinski definition) is 4. The summed E-state index contributed by atoms with van der Waals surface area (Å²) in [5.41, 5.74) is 2.04. The number of carbonyl (C=O) groups excluding carboxylic acids is 1. The van der Waals surface area contributed by atoms with Crippen LogP contribution in [-0.2, 0) is 6.42 Å². The number of nitrogens with zero attached hydrogens (tertiary/aromatic N) is 1. The summed E-state index contributed by atoms with van der Waals surface area (Å²) in [6, 6.07) is -0.182. The predicted molar refractivity (Wildman–Crippen MR) is 81.2 cm³/mol. The first-order chi connectivity index (χ1) is 9.95. The highest BCUT2D eigenvalue weighted by atomic mass is 16.5. The molecular weight excluding hydrogens is 270 g/mol. The fourth-order valence-corrected chi connectivity index (χ4v) is 2.26. The van der Waals surface area contributed by atoms with Crippen LogP contribution in [0.4, 0.5) is 4.79 Å². The maximum Gasteiger partial charge on any atom is 0.315 e. The fourth-order valence-electron chi connectivity index (χ4n) is 2.26. The SMILES string of the molecule is Cc1noc(C)c1CCCNC(=O)NC(CCO)C(C)C. The Hall–Kier alpha value is -1.56. The summed E-state index contributed by atoms with van der Waals surface area (Å²) in [5, 5.41) is 18.6. The lowest BCUT2D eigenvalue weighted by atomic mass is 10.0. The minimum Gasteiger partial charge on any atom is -0.396 e. The molecule has 0 saturated heterocycles.